The number of phenols is 3. The number of likely N-dealkylation sites (tertiary alicyclic amines) is 1. The van der Waals surface area contributed by atoms with Crippen LogP contribution >= 0.6 is 0 Å². The number of aliphatic carboxylic acids is 1. The molecule has 3 aromatic carbocycles. The van der Waals surface area contributed by atoms with E-state index in [4.69, 9.17) is 5.73 Å². The lowest BCUT2D eigenvalue weighted by atomic mass is 9.96. The first-order valence-electron chi connectivity index (χ1n) is 22.8. The van der Waals surface area contributed by atoms with Gasteiger partial charge in [-0.05, 0) is 78.3 Å². The highest BCUT2D eigenvalue weighted by Gasteiger charge is 2.43. The zero-order chi connectivity index (χ0) is 48.7. The number of carboxylic acids is 1. The van der Waals surface area contributed by atoms with Gasteiger partial charge in [-0.15, -0.1) is 0 Å². The number of phenolic OH excluding ortho intramolecular Hbond substituents is 3. The number of aliphatic hydroxyl groups is 1. The monoisotopic (exact) mass is 916 g/mol. The number of likely N-dealkylation sites (N-methyl/N-ethyl adjacent to an activating group) is 2. The third kappa shape index (κ3) is 14.7. The van der Waals surface area contributed by atoms with Crippen LogP contribution in [0.4, 0.5) is 0 Å². The minimum atomic E-state index is -1.62. The van der Waals surface area contributed by atoms with Gasteiger partial charge in [0.15, 0.2) is 0 Å². The van der Waals surface area contributed by atoms with Gasteiger partial charge in [0.05, 0.1) is 0 Å². The maximum atomic E-state index is 14.9. The van der Waals surface area contributed by atoms with Gasteiger partial charge >= 0.3 is 5.97 Å². The lowest BCUT2D eigenvalue weighted by Crippen LogP contribution is -2.61. The van der Waals surface area contributed by atoms with Crippen LogP contribution in [0.15, 0.2) is 72.8 Å². The molecule has 0 radical (unpaired) electrons. The van der Waals surface area contributed by atoms with Crippen LogP contribution in [0.5, 0.6) is 17.2 Å². The number of benzene rings is 3. The van der Waals surface area contributed by atoms with E-state index in [1.165, 1.54) is 65.2 Å². The maximum Gasteiger partial charge on any atom is 0.326 e. The van der Waals surface area contributed by atoms with E-state index in [1.807, 2.05) is 0 Å². The summed E-state index contributed by atoms with van der Waals surface area (Å²) in [6.45, 7) is 5.69. The van der Waals surface area contributed by atoms with Gasteiger partial charge in [-0.1, -0.05) is 89.3 Å². The van der Waals surface area contributed by atoms with Crippen LogP contribution < -0.4 is 16.4 Å². The summed E-state index contributed by atoms with van der Waals surface area (Å²) in [5, 5.41) is 55.9. The van der Waals surface area contributed by atoms with E-state index in [-0.39, 0.29) is 49.5 Å². The fourth-order valence-electron chi connectivity index (χ4n) is 8.38. The number of aliphatic hydroxyl groups excluding tert-OH is 1. The standard InChI is InChI=1S/C49H68N6O11/c1-6-7-8-9-10-12-37(50)43(59)45(61)51-38(27-31-14-20-34(56)21-15-31)46(62)54(5)42(30(2)3)48(64)53(4)41(29-33-18-24-36(58)25-19-33)47(63)55-26-11-13-40(55)44(60)52-39(49(65)66)28-32-16-22-35(57)23-17-32/h14-25,30,37-43,56-59H,6-13,26-29,50H2,1-5H3,(H,51,61)(H,52,60)(H,65,66)/t37-,38-,39-,40-,41-,42-,43-/m0/s1. The predicted octanol–water partition coefficient (Wildman–Crippen LogP) is 3.24. The topological polar surface area (TPSA) is 263 Å². The highest BCUT2D eigenvalue weighted by molar-refractivity contribution is 5.97. The summed E-state index contributed by atoms with van der Waals surface area (Å²) in [6.07, 6.45) is 3.95. The highest BCUT2D eigenvalue weighted by atomic mass is 16.4. The molecular weight excluding hydrogens is 849 g/mol. The Kier molecular flexibility index (Phi) is 19.8. The Labute approximate surface area is 387 Å². The fraction of sp³-hybridized carbons (Fsp3) is 0.510. The van der Waals surface area contributed by atoms with Gasteiger partial charge in [-0.2, -0.15) is 0 Å². The Hall–Kier alpha value is -6.20. The number of carbonyl (C=O) groups is 6. The van der Waals surface area contributed by atoms with E-state index >= 15 is 0 Å². The summed E-state index contributed by atoms with van der Waals surface area (Å²) in [7, 11) is 2.85. The number of amides is 5. The molecule has 0 aromatic heterocycles. The first-order chi connectivity index (χ1) is 31.3. The molecule has 0 spiro atoms. The molecule has 5 amide bonds. The van der Waals surface area contributed by atoms with Crippen molar-refractivity contribution in [1.82, 2.24) is 25.3 Å². The SMILES string of the molecule is CCCCCCC[C@H](N)[C@H](O)C(=O)N[C@@H](Cc1ccc(O)cc1)C(=O)N(C)[C@H](C(=O)N(C)[C@@H](Cc1ccc(O)cc1)C(=O)N1CCC[C@H]1C(=O)N[C@@H](Cc1ccc(O)cc1)C(=O)O)C(C)C. The van der Waals surface area contributed by atoms with Crippen molar-refractivity contribution in [2.24, 2.45) is 11.7 Å². The Morgan fingerprint density at radius 2 is 1.21 bits per heavy atom. The minimum Gasteiger partial charge on any atom is -0.508 e. The molecule has 17 nitrogen and oxygen atoms in total. The van der Waals surface area contributed by atoms with Crippen LogP contribution in [0.3, 0.4) is 0 Å². The molecule has 17 heteroatoms. The number of hydrogen-bond donors (Lipinski definition) is 8. The zero-order valence-corrected chi connectivity index (χ0v) is 38.6. The molecule has 1 aliphatic rings. The molecule has 1 heterocycles. The van der Waals surface area contributed by atoms with Crippen molar-refractivity contribution in [3.05, 3.63) is 89.5 Å². The van der Waals surface area contributed by atoms with Gasteiger partial charge in [-0.3, -0.25) is 24.0 Å². The van der Waals surface area contributed by atoms with Crippen molar-refractivity contribution < 1.29 is 54.3 Å². The largest absolute Gasteiger partial charge is 0.508 e. The number of nitrogens with two attached hydrogens (primary N) is 1. The smallest absolute Gasteiger partial charge is 0.326 e. The van der Waals surface area contributed by atoms with Crippen LogP contribution in [0.2, 0.25) is 0 Å². The van der Waals surface area contributed by atoms with Gasteiger partial charge in [0.2, 0.25) is 23.6 Å². The molecule has 3 aromatic rings. The van der Waals surface area contributed by atoms with Crippen LogP contribution in [-0.2, 0) is 48.0 Å². The molecule has 66 heavy (non-hydrogen) atoms. The van der Waals surface area contributed by atoms with Crippen molar-refractivity contribution in [3.63, 3.8) is 0 Å². The van der Waals surface area contributed by atoms with Crippen molar-refractivity contribution in [2.45, 2.75) is 134 Å². The van der Waals surface area contributed by atoms with Gasteiger partial charge < -0.3 is 56.6 Å². The number of nitrogens with zero attached hydrogens (tertiary/aromatic N) is 3. The van der Waals surface area contributed by atoms with Crippen molar-refractivity contribution in [3.8, 4) is 17.2 Å². The van der Waals surface area contributed by atoms with E-state index in [0.717, 1.165) is 25.7 Å². The molecular formula is C49H68N6O11. The summed E-state index contributed by atoms with van der Waals surface area (Å²) in [4.78, 5) is 87.7. The van der Waals surface area contributed by atoms with Crippen molar-refractivity contribution in [1.29, 1.82) is 0 Å². The van der Waals surface area contributed by atoms with E-state index < -0.39 is 83.8 Å². The van der Waals surface area contributed by atoms with Crippen LogP contribution in [0.1, 0.15) is 88.8 Å². The summed E-state index contributed by atoms with van der Waals surface area (Å²) < 4.78 is 0. The van der Waals surface area contributed by atoms with Gasteiger partial charge in [0.25, 0.3) is 5.91 Å². The number of aromatic hydroxyl groups is 3. The number of carboxylic acid groups (broad SMARTS) is 1. The van der Waals surface area contributed by atoms with E-state index in [1.54, 1.807) is 50.2 Å². The molecule has 0 bridgehead atoms. The van der Waals surface area contributed by atoms with E-state index in [0.29, 0.717) is 36.0 Å². The number of carbonyl (C=O) groups excluding carboxylic acids is 5. The Bertz CT molecular complexity index is 2080. The molecule has 9 N–H and O–H groups in total. The zero-order valence-electron chi connectivity index (χ0n) is 38.6. The van der Waals surface area contributed by atoms with Gasteiger partial charge in [-0.25, -0.2) is 4.79 Å². The number of nitrogens with one attached hydrogen (secondary N) is 2. The third-order valence-electron chi connectivity index (χ3n) is 12.3. The molecule has 4 rings (SSSR count). The quantitative estimate of drug-likeness (QED) is 0.0603. The Balaban J connectivity index is 1.61. The van der Waals surface area contributed by atoms with Crippen LogP contribution in [0.25, 0.3) is 0 Å². The summed E-state index contributed by atoms with van der Waals surface area (Å²) >= 11 is 0. The number of unbranched alkanes of at least 4 members (excludes halogenated alkanes) is 4. The van der Waals surface area contributed by atoms with E-state index in [2.05, 4.69) is 17.6 Å². The van der Waals surface area contributed by atoms with Crippen LogP contribution in [-0.4, -0.2) is 139 Å². The summed E-state index contributed by atoms with van der Waals surface area (Å²) in [6, 6.07) is 11.0. The molecule has 0 saturated carbocycles. The summed E-state index contributed by atoms with van der Waals surface area (Å²) in [5.41, 5.74) is 7.94. The van der Waals surface area contributed by atoms with E-state index in [9.17, 15) is 54.3 Å². The lowest BCUT2D eigenvalue weighted by Gasteiger charge is -2.39. The summed E-state index contributed by atoms with van der Waals surface area (Å²) in [5.74, 6) is -5.30. The Morgan fingerprint density at radius 1 is 0.712 bits per heavy atom. The Morgan fingerprint density at radius 3 is 1.71 bits per heavy atom. The molecule has 0 aliphatic carbocycles. The molecule has 1 fully saturated rings. The fourth-order valence-corrected chi connectivity index (χ4v) is 8.38. The second-order valence-electron chi connectivity index (χ2n) is 17.7. The molecule has 0 unspecified atom stereocenters. The molecule has 360 valence electrons. The lowest BCUT2D eigenvalue weighted by molar-refractivity contribution is -0.153. The molecule has 1 aliphatic heterocycles. The van der Waals surface area contributed by atoms with Crippen molar-refractivity contribution in [2.75, 3.05) is 20.6 Å². The first-order valence-corrected chi connectivity index (χ1v) is 22.8. The number of hydrogen-bond acceptors (Lipinski definition) is 11. The normalized spacial score (nSPS) is 16.4. The van der Waals surface area contributed by atoms with Crippen molar-refractivity contribution >= 4 is 35.5 Å². The average molecular weight is 917 g/mol. The minimum absolute atomic E-state index is 0.00275. The third-order valence-corrected chi connectivity index (χ3v) is 12.3. The van der Waals surface area contributed by atoms with Gasteiger partial charge in [0.1, 0.15) is 53.6 Å². The first kappa shape index (κ1) is 52.4. The second kappa shape index (κ2) is 24.9. The number of rotatable bonds is 24. The second-order valence-corrected chi connectivity index (χ2v) is 17.7. The van der Waals surface area contributed by atoms with Crippen LogP contribution in [0, 0.1) is 5.92 Å². The van der Waals surface area contributed by atoms with Gasteiger partial charge in [0, 0.05) is 45.9 Å². The molecule has 7 atom stereocenters. The highest BCUT2D eigenvalue weighted by Crippen LogP contribution is 2.25. The average Bonchev–Trinajstić information content (AvgIpc) is 3.79. The predicted molar refractivity (Wildman–Crippen MR) is 247 cm³/mol. The maximum absolute atomic E-state index is 14.9. The molecule has 1 saturated heterocycles.